The maximum atomic E-state index is 14.2. The molecule has 3 aromatic rings. The Kier molecular flexibility index (Phi) is 6.02. The lowest BCUT2D eigenvalue weighted by atomic mass is 10.0. The number of oxime groups is 1. The van der Waals surface area contributed by atoms with Crippen LogP contribution < -0.4 is 0 Å². The maximum absolute atomic E-state index is 14.2. The van der Waals surface area contributed by atoms with E-state index in [2.05, 4.69) is 5.16 Å². The van der Waals surface area contributed by atoms with E-state index in [1.54, 1.807) is 36.4 Å². The Balaban J connectivity index is 1.54. The topological polar surface area (TPSA) is 41.9 Å². The fourth-order valence-corrected chi connectivity index (χ4v) is 3.51. The van der Waals surface area contributed by atoms with E-state index < -0.39 is 29.5 Å². The van der Waals surface area contributed by atoms with Crippen LogP contribution in [0.4, 0.5) is 13.2 Å². The highest BCUT2D eigenvalue weighted by Gasteiger charge is 2.29. The van der Waals surface area contributed by atoms with Crippen molar-refractivity contribution in [1.29, 1.82) is 0 Å². The van der Waals surface area contributed by atoms with Gasteiger partial charge < -0.3 is 9.74 Å². The molecular weight excluding hydrogens is 405 g/mol. The number of carbonyl (C=O) groups excluding carboxylic acids is 1. The molecule has 31 heavy (non-hydrogen) atoms. The first-order chi connectivity index (χ1) is 15.0. The summed E-state index contributed by atoms with van der Waals surface area (Å²) in [6.07, 6.45) is -0.260. The van der Waals surface area contributed by atoms with Crippen molar-refractivity contribution in [3.63, 3.8) is 0 Å². The second kappa shape index (κ2) is 9.04. The Bertz CT molecular complexity index is 1130. The molecule has 7 heteroatoms. The molecule has 1 aliphatic heterocycles. The van der Waals surface area contributed by atoms with E-state index in [0.29, 0.717) is 16.8 Å². The van der Waals surface area contributed by atoms with Crippen molar-refractivity contribution in [2.24, 2.45) is 5.16 Å². The lowest BCUT2D eigenvalue weighted by Crippen LogP contribution is -2.37. The van der Waals surface area contributed by atoms with Crippen molar-refractivity contribution in [2.75, 3.05) is 6.54 Å². The summed E-state index contributed by atoms with van der Waals surface area (Å²) in [7, 11) is 0. The van der Waals surface area contributed by atoms with E-state index >= 15 is 0 Å². The van der Waals surface area contributed by atoms with E-state index in [1.807, 2.05) is 0 Å². The SMILES string of the molecule is O=C(c1ccccc1F)N(Cc1cccc(F)c1)C[C@H]1CC(c2ccccc2F)=NO1. The van der Waals surface area contributed by atoms with Crippen molar-refractivity contribution < 1.29 is 22.8 Å². The van der Waals surface area contributed by atoms with Crippen LogP contribution in [0.15, 0.2) is 78.0 Å². The Labute approximate surface area is 177 Å². The van der Waals surface area contributed by atoms with Gasteiger partial charge >= 0.3 is 0 Å². The molecule has 3 aromatic carbocycles. The molecule has 0 unspecified atom stereocenters. The fourth-order valence-electron chi connectivity index (χ4n) is 3.51. The van der Waals surface area contributed by atoms with Crippen LogP contribution in [0.25, 0.3) is 0 Å². The zero-order valence-corrected chi connectivity index (χ0v) is 16.5. The minimum Gasteiger partial charge on any atom is -0.390 e. The van der Waals surface area contributed by atoms with Crippen LogP contribution in [0, 0.1) is 17.5 Å². The Hall–Kier alpha value is -3.61. The average molecular weight is 424 g/mol. The zero-order valence-electron chi connectivity index (χ0n) is 16.5. The van der Waals surface area contributed by atoms with E-state index in [9.17, 15) is 18.0 Å². The van der Waals surface area contributed by atoms with Crippen molar-refractivity contribution >= 4 is 11.6 Å². The second-order valence-electron chi connectivity index (χ2n) is 7.24. The summed E-state index contributed by atoms with van der Waals surface area (Å²) in [5.74, 6) is -2.04. The highest BCUT2D eigenvalue weighted by atomic mass is 19.1. The Morgan fingerprint density at radius 3 is 2.45 bits per heavy atom. The number of benzene rings is 3. The van der Waals surface area contributed by atoms with E-state index in [1.165, 1.54) is 41.3 Å². The number of carbonyl (C=O) groups is 1. The van der Waals surface area contributed by atoms with E-state index in [-0.39, 0.29) is 25.1 Å². The molecule has 1 heterocycles. The number of hydrogen-bond acceptors (Lipinski definition) is 3. The van der Waals surface area contributed by atoms with Crippen LogP contribution in [-0.2, 0) is 11.4 Å². The van der Waals surface area contributed by atoms with E-state index in [4.69, 9.17) is 4.84 Å². The normalized spacial score (nSPS) is 15.3. The van der Waals surface area contributed by atoms with Gasteiger partial charge in [0, 0.05) is 18.5 Å². The van der Waals surface area contributed by atoms with Crippen LogP contribution in [0.3, 0.4) is 0 Å². The molecule has 1 atom stereocenters. The molecule has 0 radical (unpaired) electrons. The van der Waals surface area contributed by atoms with Gasteiger partial charge in [0.25, 0.3) is 5.91 Å². The second-order valence-corrected chi connectivity index (χ2v) is 7.24. The molecule has 1 aliphatic rings. The molecule has 0 bridgehead atoms. The first-order valence-corrected chi connectivity index (χ1v) is 9.77. The molecule has 0 aromatic heterocycles. The van der Waals surface area contributed by atoms with Crippen LogP contribution >= 0.6 is 0 Å². The summed E-state index contributed by atoms with van der Waals surface area (Å²) >= 11 is 0. The van der Waals surface area contributed by atoms with Gasteiger partial charge in [-0.3, -0.25) is 4.79 Å². The molecule has 0 aliphatic carbocycles. The quantitative estimate of drug-likeness (QED) is 0.563. The molecule has 0 fully saturated rings. The summed E-state index contributed by atoms with van der Waals surface area (Å²) in [5, 5.41) is 3.98. The van der Waals surface area contributed by atoms with Gasteiger partial charge in [0.2, 0.25) is 0 Å². The van der Waals surface area contributed by atoms with Crippen LogP contribution in [0.1, 0.15) is 27.9 Å². The van der Waals surface area contributed by atoms with Gasteiger partial charge in [-0.1, -0.05) is 47.6 Å². The van der Waals surface area contributed by atoms with Crippen LogP contribution in [-0.4, -0.2) is 29.2 Å². The zero-order chi connectivity index (χ0) is 21.8. The van der Waals surface area contributed by atoms with Gasteiger partial charge in [0.05, 0.1) is 17.8 Å². The van der Waals surface area contributed by atoms with Gasteiger partial charge in [0.15, 0.2) is 6.10 Å². The Morgan fingerprint density at radius 2 is 1.71 bits per heavy atom. The summed E-state index contributed by atoms with van der Waals surface area (Å²) in [5.41, 5.74) is 1.24. The lowest BCUT2D eigenvalue weighted by molar-refractivity contribution is 0.0402. The molecule has 0 N–H and O–H groups in total. The third kappa shape index (κ3) is 4.77. The number of rotatable bonds is 6. The third-order valence-electron chi connectivity index (χ3n) is 5.00. The van der Waals surface area contributed by atoms with Crippen molar-refractivity contribution in [3.8, 4) is 0 Å². The standard InChI is InChI=1S/C24H19F3N2O2/c25-17-7-5-6-16(12-17)14-29(24(30)20-9-2-4-11-22(20)27)15-18-13-23(28-31-18)19-8-1-3-10-21(19)26/h1-12,18H,13-15H2/t18-/m1/s1. The average Bonchev–Trinajstić information content (AvgIpc) is 3.22. The third-order valence-corrected chi connectivity index (χ3v) is 5.00. The van der Waals surface area contributed by atoms with Gasteiger partial charge in [-0.2, -0.15) is 0 Å². The fraction of sp³-hybridized carbons (Fsp3) is 0.167. The monoisotopic (exact) mass is 424 g/mol. The Morgan fingerprint density at radius 1 is 0.968 bits per heavy atom. The van der Waals surface area contributed by atoms with Crippen LogP contribution in [0.2, 0.25) is 0 Å². The summed E-state index contributed by atoms with van der Waals surface area (Å²) in [4.78, 5) is 19.9. The molecule has 0 saturated carbocycles. The number of hydrogen-bond donors (Lipinski definition) is 0. The molecule has 4 nitrogen and oxygen atoms in total. The highest BCUT2D eigenvalue weighted by Crippen LogP contribution is 2.22. The summed E-state index contributed by atoms with van der Waals surface area (Å²) < 4.78 is 42.0. The largest absolute Gasteiger partial charge is 0.390 e. The number of nitrogens with zero attached hydrogens (tertiary/aromatic N) is 2. The predicted octanol–water partition coefficient (Wildman–Crippen LogP) is 4.94. The molecule has 1 amide bonds. The van der Waals surface area contributed by atoms with Crippen molar-refractivity contribution in [2.45, 2.75) is 19.1 Å². The first kappa shape index (κ1) is 20.7. The number of amides is 1. The molecule has 4 rings (SSSR count). The molecule has 158 valence electrons. The van der Waals surface area contributed by atoms with Gasteiger partial charge in [-0.05, 0) is 35.9 Å². The molecule has 0 saturated heterocycles. The van der Waals surface area contributed by atoms with Gasteiger partial charge in [-0.15, -0.1) is 0 Å². The van der Waals surface area contributed by atoms with Gasteiger partial charge in [-0.25, -0.2) is 13.2 Å². The lowest BCUT2D eigenvalue weighted by Gasteiger charge is -2.25. The highest BCUT2D eigenvalue weighted by molar-refractivity contribution is 6.01. The van der Waals surface area contributed by atoms with Crippen LogP contribution in [0.5, 0.6) is 0 Å². The van der Waals surface area contributed by atoms with E-state index in [0.717, 1.165) is 0 Å². The summed E-state index contributed by atoms with van der Waals surface area (Å²) in [6, 6.07) is 17.7. The minimum atomic E-state index is -0.646. The van der Waals surface area contributed by atoms with Crippen molar-refractivity contribution in [3.05, 3.63) is 107 Å². The predicted molar refractivity (Wildman–Crippen MR) is 110 cm³/mol. The first-order valence-electron chi connectivity index (χ1n) is 9.77. The smallest absolute Gasteiger partial charge is 0.257 e. The van der Waals surface area contributed by atoms with Crippen molar-refractivity contribution in [1.82, 2.24) is 4.90 Å². The molecular formula is C24H19F3N2O2. The minimum absolute atomic E-state index is 0.0554. The van der Waals surface area contributed by atoms with Gasteiger partial charge in [0.1, 0.15) is 17.5 Å². The number of halogens is 3. The summed E-state index contributed by atoms with van der Waals surface area (Å²) in [6.45, 7) is 0.130. The molecule has 0 spiro atoms. The maximum Gasteiger partial charge on any atom is 0.257 e.